The second-order valence-electron chi connectivity index (χ2n) is 8.29. The van der Waals surface area contributed by atoms with Gasteiger partial charge < -0.3 is 25.6 Å². The Morgan fingerprint density at radius 1 is 0.967 bits per heavy atom. The van der Waals surface area contributed by atoms with Gasteiger partial charge in [0.05, 0.1) is 18.8 Å². The molecule has 0 spiro atoms. The molecule has 1 aliphatic rings. The summed E-state index contributed by atoms with van der Waals surface area (Å²) in [7, 11) is 0. The maximum Gasteiger partial charge on any atom is 0.0914 e. The van der Waals surface area contributed by atoms with Gasteiger partial charge in [0.25, 0.3) is 0 Å². The highest BCUT2D eigenvalue weighted by Crippen LogP contribution is 2.13. The molecule has 2 rings (SSSR count). The highest BCUT2D eigenvalue weighted by Gasteiger charge is 2.27. The van der Waals surface area contributed by atoms with Gasteiger partial charge in [-0.2, -0.15) is 0 Å². The zero-order chi connectivity index (χ0) is 21.5. The van der Waals surface area contributed by atoms with Crippen LogP contribution in [0.2, 0.25) is 0 Å². The Balaban J connectivity index is 1.38. The number of hydrogen-bond acceptors (Lipinski definition) is 5. The van der Waals surface area contributed by atoms with Crippen LogP contribution in [0.4, 0.5) is 0 Å². The van der Waals surface area contributed by atoms with Gasteiger partial charge in [-0.1, -0.05) is 54.8 Å². The number of aliphatic hydroxyl groups is 2. The van der Waals surface area contributed by atoms with E-state index in [0.29, 0.717) is 6.54 Å². The first-order chi connectivity index (χ1) is 14.7. The first kappa shape index (κ1) is 24.6. The fourth-order valence-corrected chi connectivity index (χ4v) is 3.60. The summed E-state index contributed by atoms with van der Waals surface area (Å²) >= 11 is 0. The highest BCUT2D eigenvalue weighted by atomic mass is 16.5. The average molecular weight is 417 g/mol. The number of allylic oxidation sites excluding steroid dienone is 2. The summed E-state index contributed by atoms with van der Waals surface area (Å²) in [6.07, 6.45) is 13.7. The van der Waals surface area contributed by atoms with Crippen LogP contribution in [0.5, 0.6) is 0 Å². The van der Waals surface area contributed by atoms with Crippen molar-refractivity contribution in [2.24, 2.45) is 0 Å². The van der Waals surface area contributed by atoms with Crippen molar-refractivity contribution in [3.63, 3.8) is 0 Å². The number of ether oxygens (including phenoxy) is 1. The monoisotopic (exact) mass is 416 g/mol. The average Bonchev–Trinajstić information content (AvgIpc) is 2.78. The zero-order valence-corrected chi connectivity index (χ0v) is 18.5. The fourth-order valence-electron chi connectivity index (χ4n) is 3.60. The van der Waals surface area contributed by atoms with Crippen LogP contribution in [0.3, 0.4) is 0 Å². The third kappa shape index (κ3) is 9.43. The number of nitrogens with one attached hydrogen (secondary N) is 2. The molecular formula is C25H40N2O3. The van der Waals surface area contributed by atoms with Crippen LogP contribution < -0.4 is 10.6 Å². The standard InChI is InChI=1S/C25H40N2O3/c1-22-11-13-23(14-12-22)9-4-7-18-30-17-6-3-2-5-16-26-20-25(21-29)15-8-10-24(19-28)27-25/h8,10-15,26-29H,2-7,9,16-21H2,1H3. The molecule has 1 heterocycles. The fraction of sp³-hybridized carbons (Fsp3) is 0.600. The Morgan fingerprint density at radius 3 is 2.43 bits per heavy atom. The summed E-state index contributed by atoms with van der Waals surface area (Å²) in [4.78, 5) is 0. The summed E-state index contributed by atoms with van der Waals surface area (Å²) in [5.41, 5.74) is 2.96. The molecule has 0 radical (unpaired) electrons. The highest BCUT2D eigenvalue weighted by molar-refractivity contribution is 5.26. The number of aliphatic hydroxyl groups excluding tert-OH is 2. The first-order valence-corrected chi connectivity index (χ1v) is 11.4. The molecule has 0 bridgehead atoms. The van der Waals surface area contributed by atoms with Crippen LogP contribution in [-0.4, -0.2) is 55.3 Å². The van der Waals surface area contributed by atoms with Gasteiger partial charge in [-0.25, -0.2) is 0 Å². The maximum atomic E-state index is 9.72. The lowest BCUT2D eigenvalue weighted by Gasteiger charge is -2.34. The number of unbranched alkanes of at least 4 members (excludes halogenated alkanes) is 4. The van der Waals surface area contributed by atoms with Gasteiger partial charge in [-0.3, -0.25) is 0 Å². The molecule has 0 aromatic heterocycles. The summed E-state index contributed by atoms with van der Waals surface area (Å²) in [5.74, 6) is 0. The van der Waals surface area contributed by atoms with Crippen molar-refractivity contribution < 1.29 is 14.9 Å². The predicted octanol–water partition coefficient (Wildman–Crippen LogP) is 3.25. The minimum absolute atomic E-state index is 0.00377. The van der Waals surface area contributed by atoms with E-state index >= 15 is 0 Å². The maximum absolute atomic E-state index is 9.72. The molecular weight excluding hydrogens is 376 g/mol. The number of dihydropyridines is 1. The van der Waals surface area contributed by atoms with E-state index in [9.17, 15) is 10.2 Å². The number of aryl methyl sites for hydroxylation is 2. The quantitative estimate of drug-likeness (QED) is 0.311. The van der Waals surface area contributed by atoms with Gasteiger partial charge >= 0.3 is 0 Å². The van der Waals surface area contributed by atoms with E-state index in [1.54, 1.807) is 0 Å². The molecule has 30 heavy (non-hydrogen) atoms. The van der Waals surface area contributed by atoms with E-state index in [-0.39, 0.29) is 13.2 Å². The van der Waals surface area contributed by atoms with Crippen molar-refractivity contribution in [2.45, 2.75) is 57.4 Å². The molecule has 1 unspecified atom stereocenters. The lowest BCUT2D eigenvalue weighted by atomic mass is 9.96. The van der Waals surface area contributed by atoms with Gasteiger partial charge in [0.15, 0.2) is 0 Å². The van der Waals surface area contributed by atoms with Crippen LogP contribution in [0, 0.1) is 6.92 Å². The van der Waals surface area contributed by atoms with Gasteiger partial charge in [0.1, 0.15) is 0 Å². The predicted molar refractivity (Wildman–Crippen MR) is 124 cm³/mol. The minimum atomic E-state index is -0.514. The molecule has 1 aliphatic heterocycles. The number of benzene rings is 1. The molecule has 0 saturated carbocycles. The van der Waals surface area contributed by atoms with Crippen molar-refractivity contribution in [1.29, 1.82) is 0 Å². The van der Waals surface area contributed by atoms with Gasteiger partial charge in [0.2, 0.25) is 0 Å². The van der Waals surface area contributed by atoms with E-state index in [1.165, 1.54) is 30.4 Å². The second-order valence-corrected chi connectivity index (χ2v) is 8.29. The van der Waals surface area contributed by atoms with Crippen molar-refractivity contribution >= 4 is 0 Å². The van der Waals surface area contributed by atoms with Crippen LogP contribution in [0.1, 0.15) is 49.7 Å². The van der Waals surface area contributed by atoms with E-state index in [1.807, 2.05) is 18.2 Å². The molecule has 0 fully saturated rings. The Bertz CT molecular complexity index is 642. The molecule has 0 amide bonds. The number of rotatable bonds is 16. The largest absolute Gasteiger partial charge is 0.394 e. The zero-order valence-electron chi connectivity index (χ0n) is 18.5. The van der Waals surface area contributed by atoms with Crippen molar-refractivity contribution in [3.8, 4) is 0 Å². The molecule has 0 aliphatic carbocycles. The lowest BCUT2D eigenvalue weighted by molar-refractivity contribution is 0.126. The Kier molecular flexibility index (Phi) is 11.8. The van der Waals surface area contributed by atoms with Crippen LogP contribution in [0.25, 0.3) is 0 Å². The van der Waals surface area contributed by atoms with E-state index in [2.05, 4.69) is 41.8 Å². The van der Waals surface area contributed by atoms with Crippen LogP contribution in [-0.2, 0) is 11.2 Å². The lowest BCUT2D eigenvalue weighted by Crippen LogP contribution is -2.54. The molecule has 1 aromatic carbocycles. The third-order valence-electron chi connectivity index (χ3n) is 5.53. The van der Waals surface area contributed by atoms with Gasteiger partial charge in [-0.15, -0.1) is 0 Å². The van der Waals surface area contributed by atoms with Crippen molar-refractivity contribution in [2.75, 3.05) is 39.5 Å². The minimum Gasteiger partial charge on any atom is -0.394 e. The first-order valence-electron chi connectivity index (χ1n) is 11.4. The molecule has 5 nitrogen and oxygen atoms in total. The third-order valence-corrected chi connectivity index (χ3v) is 5.53. The molecule has 1 atom stereocenters. The summed E-state index contributed by atoms with van der Waals surface area (Å²) < 4.78 is 5.76. The van der Waals surface area contributed by atoms with E-state index in [0.717, 1.165) is 51.1 Å². The van der Waals surface area contributed by atoms with Crippen molar-refractivity contribution in [3.05, 3.63) is 59.3 Å². The summed E-state index contributed by atoms with van der Waals surface area (Å²) in [5, 5.41) is 25.6. The SMILES string of the molecule is Cc1ccc(CCCCOCCCCCCNCC2(CO)C=CC=C(CO)N2)cc1. The van der Waals surface area contributed by atoms with E-state index < -0.39 is 5.54 Å². The molecule has 168 valence electrons. The number of hydrogen-bond donors (Lipinski definition) is 4. The normalized spacial score (nSPS) is 18.3. The molecule has 4 N–H and O–H groups in total. The molecule has 1 aromatic rings. The topological polar surface area (TPSA) is 73.8 Å². The van der Waals surface area contributed by atoms with Crippen LogP contribution in [0.15, 0.2) is 48.2 Å². The summed E-state index contributed by atoms with van der Waals surface area (Å²) in [6, 6.07) is 8.81. The van der Waals surface area contributed by atoms with Crippen molar-refractivity contribution in [1.82, 2.24) is 10.6 Å². The second kappa shape index (κ2) is 14.4. The summed E-state index contributed by atoms with van der Waals surface area (Å²) in [6.45, 7) is 5.37. The Labute approximate surface area is 182 Å². The van der Waals surface area contributed by atoms with Crippen LogP contribution >= 0.6 is 0 Å². The smallest absolute Gasteiger partial charge is 0.0914 e. The van der Waals surface area contributed by atoms with Gasteiger partial charge in [0, 0.05) is 25.5 Å². The Hall–Kier alpha value is -1.66. The molecule has 0 saturated heterocycles. The Morgan fingerprint density at radius 2 is 1.70 bits per heavy atom. The van der Waals surface area contributed by atoms with Gasteiger partial charge in [-0.05, 0) is 57.2 Å². The van der Waals surface area contributed by atoms with E-state index in [4.69, 9.17) is 4.74 Å². The molecule has 5 heteroatoms.